The van der Waals surface area contributed by atoms with Crippen molar-refractivity contribution in [3.05, 3.63) is 66.0 Å². The molecule has 0 amide bonds. The quantitative estimate of drug-likeness (QED) is 0.605. The Labute approximate surface area is 165 Å². The maximum atomic E-state index is 4.56. The first-order chi connectivity index (χ1) is 13.3. The van der Waals surface area contributed by atoms with Crippen LogP contribution in [0.5, 0.6) is 0 Å². The molecule has 0 unspecified atom stereocenters. The van der Waals surface area contributed by atoms with Crippen LogP contribution in [-0.2, 0) is 6.54 Å². The smallest absolute Gasteiger partial charge is 0.196 e. The molecule has 1 saturated carbocycles. The number of nitrogens with zero attached hydrogens (tertiary/aromatic N) is 3. The van der Waals surface area contributed by atoms with Crippen LogP contribution in [0.2, 0.25) is 0 Å². The van der Waals surface area contributed by atoms with Crippen LogP contribution in [0.25, 0.3) is 5.69 Å². The summed E-state index contributed by atoms with van der Waals surface area (Å²) in [5.41, 5.74) is 3.50. The number of nitrogens with one attached hydrogen (secondary N) is 1. The molecule has 0 aliphatic heterocycles. The van der Waals surface area contributed by atoms with Crippen molar-refractivity contribution in [2.45, 2.75) is 56.0 Å². The topological polar surface area (TPSA) is 42.7 Å². The predicted molar refractivity (Wildman–Crippen MR) is 113 cm³/mol. The summed E-state index contributed by atoms with van der Waals surface area (Å²) in [4.78, 5) is 0. The number of para-hydroxylation sites is 2. The first-order valence-corrected chi connectivity index (χ1v) is 10.6. The van der Waals surface area contributed by atoms with E-state index >= 15 is 0 Å². The SMILES string of the molecule is Cc1ccccc1NCc1nnc(SC2CCCCC2)n1-c1ccccc1. The second-order valence-electron chi connectivity index (χ2n) is 7.12. The fourth-order valence-electron chi connectivity index (χ4n) is 3.61. The number of anilines is 1. The minimum Gasteiger partial charge on any atom is -0.378 e. The van der Waals surface area contributed by atoms with E-state index in [0.717, 1.165) is 22.4 Å². The van der Waals surface area contributed by atoms with Gasteiger partial charge in [-0.15, -0.1) is 10.2 Å². The molecule has 0 spiro atoms. The first-order valence-electron chi connectivity index (χ1n) is 9.77. The molecule has 1 N–H and O–H groups in total. The number of hydrogen-bond acceptors (Lipinski definition) is 4. The zero-order valence-electron chi connectivity index (χ0n) is 15.8. The van der Waals surface area contributed by atoms with Crippen LogP contribution in [0.3, 0.4) is 0 Å². The van der Waals surface area contributed by atoms with E-state index in [9.17, 15) is 0 Å². The molecular weight excluding hydrogens is 352 g/mol. The molecule has 0 atom stereocenters. The number of aryl methyl sites for hydroxylation is 1. The van der Waals surface area contributed by atoms with Gasteiger partial charge in [0.05, 0.1) is 6.54 Å². The van der Waals surface area contributed by atoms with Crippen molar-refractivity contribution in [3.63, 3.8) is 0 Å². The monoisotopic (exact) mass is 378 g/mol. The number of benzene rings is 2. The molecule has 1 fully saturated rings. The van der Waals surface area contributed by atoms with E-state index in [4.69, 9.17) is 0 Å². The molecule has 4 nitrogen and oxygen atoms in total. The highest BCUT2D eigenvalue weighted by Crippen LogP contribution is 2.34. The van der Waals surface area contributed by atoms with Crippen molar-refractivity contribution in [2.24, 2.45) is 0 Å². The zero-order valence-corrected chi connectivity index (χ0v) is 16.6. The average Bonchev–Trinajstić information content (AvgIpc) is 3.11. The van der Waals surface area contributed by atoms with Crippen LogP contribution >= 0.6 is 11.8 Å². The molecule has 1 aliphatic rings. The van der Waals surface area contributed by atoms with Crippen molar-refractivity contribution in [1.29, 1.82) is 0 Å². The van der Waals surface area contributed by atoms with E-state index in [1.54, 1.807) is 0 Å². The number of hydrogen-bond donors (Lipinski definition) is 1. The van der Waals surface area contributed by atoms with Crippen LogP contribution in [-0.4, -0.2) is 20.0 Å². The van der Waals surface area contributed by atoms with E-state index in [1.807, 2.05) is 17.8 Å². The lowest BCUT2D eigenvalue weighted by Gasteiger charge is -2.21. The highest BCUT2D eigenvalue weighted by molar-refractivity contribution is 7.99. The Hall–Kier alpha value is -2.27. The minimum absolute atomic E-state index is 0.651. The predicted octanol–water partition coefficient (Wildman–Crippen LogP) is 5.61. The van der Waals surface area contributed by atoms with Crippen molar-refractivity contribution in [2.75, 3.05) is 5.32 Å². The summed E-state index contributed by atoms with van der Waals surface area (Å²) in [5.74, 6) is 0.947. The Balaban J connectivity index is 1.59. The van der Waals surface area contributed by atoms with Gasteiger partial charge in [-0.25, -0.2) is 0 Å². The van der Waals surface area contributed by atoms with Crippen molar-refractivity contribution < 1.29 is 0 Å². The lowest BCUT2D eigenvalue weighted by Crippen LogP contribution is -2.11. The van der Waals surface area contributed by atoms with E-state index in [0.29, 0.717) is 11.8 Å². The van der Waals surface area contributed by atoms with Gasteiger partial charge < -0.3 is 5.32 Å². The molecule has 2 aromatic carbocycles. The molecule has 0 saturated heterocycles. The van der Waals surface area contributed by atoms with E-state index < -0.39 is 0 Å². The van der Waals surface area contributed by atoms with E-state index in [1.165, 1.54) is 37.7 Å². The van der Waals surface area contributed by atoms with Crippen molar-refractivity contribution in [3.8, 4) is 5.69 Å². The first kappa shape index (κ1) is 18.1. The number of rotatable bonds is 6. The molecular formula is C22H26N4S. The van der Waals surface area contributed by atoms with Crippen LogP contribution < -0.4 is 5.32 Å². The molecule has 5 heteroatoms. The van der Waals surface area contributed by atoms with Crippen LogP contribution in [0.15, 0.2) is 59.8 Å². The molecule has 1 aliphatic carbocycles. The van der Waals surface area contributed by atoms with Crippen LogP contribution in [0.1, 0.15) is 43.5 Å². The Morgan fingerprint density at radius 2 is 1.70 bits per heavy atom. The Bertz CT molecular complexity index is 869. The summed E-state index contributed by atoms with van der Waals surface area (Å²) in [6.45, 7) is 2.77. The molecule has 0 radical (unpaired) electrons. The summed E-state index contributed by atoms with van der Waals surface area (Å²) in [6, 6.07) is 18.8. The van der Waals surface area contributed by atoms with Gasteiger partial charge in [0.15, 0.2) is 11.0 Å². The lowest BCUT2D eigenvalue weighted by molar-refractivity contribution is 0.515. The molecule has 3 aromatic rings. The summed E-state index contributed by atoms with van der Waals surface area (Å²) in [7, 11) is 0. The molecule has 1 heterocycles. The second kappa shape index (κ2) is 8.61. The van der Waals surface area contributed by atoms with E-state index in [-0.39, 0.29) is 0 Å². The highest BCUT2D eigenvalue weighted by atomic mass is 32.2. The van der Waals surface area contributed by atoms with Gasteiger partial charge in [0.2, 0.25) is 0 Å². The van der Waals surface area contributed by atoms with Crippen LogP contribution in [0.4, 0.5) is 5.69 Å². The Kier molecular flexibility index (Phi) is 5.78. The van der Waals surface area contributed by atoms with Crippen molar-refractivity contribution >= 4 is 17.4 Å². The van der Waals surface area contributed by atoms with Gasteiger partial charge in [-0.05, 0) is 43.5 Å². The van der Waals surface area contributed by atoms with Gasteiger partial charge >= 0.3 is 0 Å². The van der Waals surface area contributed by atoms with Gasteiger partial charge in [-0.3, -0.25) is 4.57 Å². The second-order valence-corrected chi connectivity index (χ2v) is 8.38. The fraction of sp³-hybridized carbons (Fsp3) is 0.364. The zero-order chi connectivity index (χ0) is 18.5. The standard InChI is InChI=1S/C22H26N4S/c1-17-10-8-9-15-20(17)23-16-21-24-25-22(27-19-13-6-3-7-14-19)26(21)18-11-4-2-5-12-18/h2,4-5,8-12,15,19,23H,3,6-7,13-14,16H2,1H3. The molecule has 1 aromatic heterocycles. The number of thioether (sulfide) groups is 1. The number of aromatic nitrogens is 3. The van der Waals surface area contributed by atoms with Gasteiger partial charge in [0.25, 0.3) is 0 Å². The summed E-state index contributed by atoms with van der Waals surface area (Å²) in [6.07, 6.45) is 6.60. The maximum Gasteiger partial charge on any atom is 0.196 e. The average molecular weight is 379 g/mol. The third-order valence-corrected chi connectivity index (χ3v) is 6.40. The van der Waals surface area contributed by atoms with E-state index in [2.05, 4.69) is 75.5 Å². The minimum atomic E-state index is 0.651. The largest absolute Gasteiger partial charge is 0.378 e. The van der Waals surface area contributed by atoms with Crippen LogP contribution in [0, 0.1) is 6.92 Å². The van der Waals surface area contributed by atoms with Gasteiger partial charge in [-0.2, -0.15) is 0 Å². The Morgan fingerprint density at radius 3 is 2.48 bits per heavy atom. The Morgan fingerprint density at radius 1 is 0.963 bits per heavy atom. The third kappa shape index (κ3) is 4.35. The van der Waals surface area contributed by atoms with Gasteiger partial charge in [-0.1, -0.05) is 67.4 Å². The third-order valence-electron chi connectivity index (χ3n) is 5.12. The molecule has 27 heavy (non-hydrogen) atoms. The summed E-state index contributed by atoms with van der Waals surface area (Å²) >= 11 is 1.89. The summed E-state index contributed by atoms with van der Waals surface area (Å²) in [5, 5.41) is 14.3. The fourth-order valence-corrected chi connectivity index (χ4v) is 4.88. The highest BCUT2D eigenvalue weighted by Gasteiger charge is 2.20. The maximum absolute atomic E-state index is 4.56. The van der Waals surface area contributed by atoms with Gasteiger partial charge in [0, 0.05) is 16.6 Å². The molecule has 140 valence electrons. The summed E-state index contributed by atoms with van der Waals surface area (Å²) < 4.78 is 2.21. The normalized spacial score (nSPS) is 15.0. The van der Waals surface area contributed by atoms with Crippen molar-refractivity contribution in [1.82, 2.24) is 14.8 Å². The molecule has 4 rings (SSSR count). The lowest BCUT2D eigenvalue weighted by atomic mass is 10.0. The molecule has 0 bridgehead atoms. The van der Waals surface area contributed by atoms with Gasteiger partial charge in [0.1, 0.15) is 0 Å².